The molecule has 146 valence electrons. The fraction of sp³-hybridized carbons (Fsp3) is 0.556. The number of hydroxylamine groups is 2. The fourth-order valence-electron chi connectivity index (χ4n) is 3.59. The second-order valence-electron chi connectivity index (χ2n) is 7.13. The van der Waals surface area contributed by atoms with Crippen molar-refractivity contribution in [1.29, 1.82) is 0 Å². The lowest BCUT2D eigenvalue weighted by molar-refractivity contribution is -0.181. The van der Waals surface area contributed by atoms with E-state index in [1.165, 1.54) is 16.0 Å². The largest absolute Gasteiger partial charge is 0.439 e. The molecule has 2 amide bonds. The van der Waals surface area contributed by atoms with Gasteiger partial charge in [0.15, 0.2) is 0 Å². The van der Waals surface area contributed by atoms with Crippen molar-refractivity contribution < 1.29 is 23.6 Å². The maximum atomic E-state index is 14.8. The second kappa shape index (κ2) is 6.65. The van der Waals surface area contributed by atoms with Gasteiger partial charge in [-0.15, -0.1) is 0 Å². The quantitative estimate of drug-likeness (QED) is 0.852. The lowest BCUT2D eigenvalue weighted by Crippen LogP contribution is -2.34. The molecule has 0 bridgehead atoms. The molecule has 3 fully saturated rings. The van der Waals surface area contributed by atoms with Gasteiger partial charge >= 0.3 is 6.09 Å². The Hall–Kier alpha value is -2.39. The molecule has 1 spiro atoms. The molecular formula is C18H23FN4O4. The number of amides is 2. The average Bonchev–Trinajstić information content (AvgIpc) is 3.24. The average molecular weight is 378 g/mol. The number of nitrogens with two attached hydrogens (primary N) is 1. The number of anilines is 2. The monoisotopic (exact) mass is 378 g/mol. The van der Waals surface area contributed by atoms with E-state index in [0.29, 0.717) is 57.0 Å². The maximum absolute atomic E-state index is 14.8. The van der Waals surface area contributed by atoms with Crippen molar-refractivity contribution in [1.82, 2.24) is 5.06 Å². The lowest BCUT2D eigenvalue weighted by Gasteiger charge is -2.23. The van der Waals surface area contributed by atoms with Gasteiger partial charge in [0.2, 0.25) is 5.91 Å². The molecule has 8 nitrogen and oxygen atoms in total. The summed E-state index contributed by atoms with van der Waals surface area (Å²) < 4.78 is 20.2. The summed E-state index contributed by atoms with van der Waals surface area (Å²) in [5.74, 6) is -0.524. The number of nitrogens with zero attached hydrogens (tertiary/aromatic N) is 3. The Morgan fingerprint density at radius 3 is 2.78 bits per heavy atom. The van der Waals surface area contributed by atoms with E-state index in [4.69, 9.17) is 15.3 Å². The van der Waals surface area contributed by atoms with Crippen LogP contribution in [0.3, 0.4) is 0 Å². The number of rotatable bonds is 3. The first-order valence-corrected chi connectivity index (χ1v) is 9.17. The second-order valence-corrected chi connectivity index (χ2v) is 7.13. The fourth-order valence-corrected chi connectivity index (χ4v) is 3.59. The molecule has 1 aromatic carbocycles. The molecule has 2 N–H and O–H groups in total. The minimum atomic E-state index is -0.608. The van der Waals surface area contributed by atoms with Crippen molar-refractivity contribution >= 4 is 23.4 Å². The number of carbonyl (C=O) groups is 2. The molecule has 2 heterocycles. The molecule has 2 saturated heterocycles. The summed E-state index contributed by atoms with van der Waals surface area (Å²) in [6, 6.07) is 4.53. The Morgan fingerprint density at radius 1 is 1.37 bits per heavy atom. The third-order valence-corrected chi connectivity index (χ3v) is 5.36. The molecule has 1 aliphatic carbocycles. The zero-order valence-electron chi connectivity index (χ0n) is 15.2. The van der Waals surface area contributed by atoms with Gasteiger partial charge in [-0.3, -0.25) is 14.5 Å². The van der Waals surface area contributed by atoms with Crippen LogP contribution in [0.25, 0.3) is 0 Å². The lowest BCUT2D eigenvalue weighted by atomic mass is 10.2. The Kier molecular flexibility index (Phi) is 4.43. The Bertz CT molecular complexity index is 776. The van der Waals surface area contributed by atoms with Crippen LogP contribution in [-0.2, 0) is 14.4 Å². The number of hydrogen-bond donors (Lipinski definition) is 1. The van der Waals surface area contributed by atoms with Crippen LogP contribution in [0.4, 0.5) is 20.6 Å². The first-order chi connectivity index (χ1) is 12.9. The van der Waals surface area contributed by atoms with Crippen molar-refractivity contribution in [2.24, 2.45) is 5.73 Å². The molecular weight excluding hydrogens is 355 g/mol. The van der Waals surface area contributed by atoms with Gasteiger partial charge in [-0.25, -0.2) is 14.2 Å². The summed E-state index contributed by atoms with van der Waals surface area (Å²) in [6.45, 7) is 3.71. The zero-order valence-corrected chi connectivity index (χ0v) is 15.2. The number of halogens is 1. The van der Waals surface area contributed by atoms with Gasteiger partial charge in [0.1, 0.15) is 11.4 Å². The van der Waals surface area contributed by atoms with E-state index >= 15 is 0 Å². The highest BCUT2D eigenvalue weighted by Gasteiger charge is 2.62. The van der Waals surface area contributed by atoms with Crippen LogP contribution in [0.2, 0.25) is 0 Å². The summed E-state index contributed by atoms with van der Waals surface area (Å²) in [5, 5.41) is 1.34. The van der Waals surface area contributed by atoms with Crippen LogP contribution in [-0.4, -0.2) is 61.5 Å². The van der Waals surface area contributed by atoms with Crippen LogP contribution >= 0.6 is 0 Å². The first-order valence-electron chi connectivity index (χ1n) is 9.17. The molecule has 3 aliphatic rings. The SMILES string of the molecule is CCC(=O)N1CCN(c2ccc(N3CC4(CC4N)OC3=O)cc2F)CCO1. The summed E-state index contributed by atoms with van der Waals surface area (Å²) >= 11 is 0. The van der Waals surface area contributed by atoms with Crippen molar-refractivity contribution in [2.45, 2.75) is 31.4 Å². The van der Waals surface area contributed by atoms with Crippen molar-refractivity contribution in [3.8, 4) is 0 Å². The topological polar surface area (TPSA) is 88.3 Å². The predicted molar refractivity (Wildman–Crippen MR) is 95.7 cm³/mol. The van der Waals surface area contributed by atoms with Gasteiger partial charge in [0.25, 0.3) is 0 Å². The van der Waals surface area contributed by atoms with Gasteiger partial charge in [-0.1, -0.05) is 6.92 Å². The minimum Gasteiger partial charge on any atom is -0.439 e. The summed E-state index contributed by atoms with van der Waals surface area (Å²) in [6.07, 6.45) is 0.503. The number of ether oxygens (including phenoxy) is 1. The zero-order chi connectivity index (χ0) is 19.2. The van der Waals surface area contributed by atoms with Gasteiger partial charge < -0.3 is 15.4 Å². The Morgan fingerprint density at radius 2 is 2.15 bits per heavy atom. The highest BCUT2D eigenvalue weighted by atomic mass is 19.1. The van der Waals surface area contributed by atoms with Crippen molar-refractivity contribution in [3.05, 3.63) is 24.0 Å². The molecule has 9 heteroatoms. The van der Waals surface area contributed by atoms with E-state index in [9.17, 15) is 14.0 Å². The number of hydrogen-bond acceptors (Lipinski definition) is 6. The Balaban J connectivity index is 1.48. The maximum Gasteiger partial charge on any atom is 0.415 e. The Labute approximate surface area is 156 Å². The van der Waals surface area contributed by atoms with Crippen LogP contribution in [0.5, 0.6) is 0 Å². The molecule has 27 heavy (non-hydrogen) atoms. The number of benzene rings is 1. The third kappa shape index (κ3) is 3.21. The first kappa shape index (κ1) is 18.0. The predicted octanol–water partition coefficient (Wildman–Crippen LogP) is 1.24. The molecule has 0 radical (unpaired) electrons. The highest BCUT2D eigenvalue weighted by molar-refractivity contribution is 5.91. The van der Waals surface area contributed by atoms with Crippen molar-refractivity contribution in [2.75, 3.05) is 42.6 Å². The van der Waals surface area contributed by atoms with Crippen LogP contribution in [0, 0.1) is 5.82 Å². The van der Waals surface area contributed by atoms with Gasteiger partial charge in [0.05, 0.1) is 37.1 Å². The molecule has 4 rings (SSSR count). The van der Waals surface area contributed by atoms with E-state index in [2.05, 4.69) is 0 Å². The van der Waals surface area contributed by atoms with E-state index in [-0.39, 0.29) is 11.9 Å². The van der Waals surface area contributed by atoms with Crippen LogP contribution in [0.1, 0.15) is 19.8 Å². The molecule has 0 aromatic heterocycles. The normalized spacial score (nSPS) is 27.7. The smallest absolute Gasteiger partial charge is 0.415 e. The van der Waals surface area contributed by atoms with Gasteiger partial charge in [-0.05, 0) is 18.2 Å². The molecule has 1 saturated carbocycles. The summed E-state index contributed by atoms with van der Waals surface area (Å²) in [4.78, 5) is 32.6. The van der Waals surface area contributed by atoms with Crippen LogP contribution in [0.15, 0.2) is 18.2 Å². The van der Waals surface area contributed by atoms with Crippen molar-refractivity contribution in [3.63, 3.8) is 0 Å². The number of carbonyl (C=O) groups excluding carboxylic acids is 2. The highest BCUT2D eigenvalue weighted by Crippen LogP contribution is 2.45. The standard InChI is InChI=1S/C18H23FN4O4/c1-2-16(24)23-6-5-21(7-8-26-23)14-4-3-12(9-13(14)19)22-11-18(10-15(18)20)27-17(22)25/h3-4,9,15H,2,5-8,10-11,20H2,1H3. The summed E-state index contributed by atoms with van der Waals surface area (Å²) in [7, 11) is 0. The molecule has 1 aromatic rings. The van der Waals surface area contributed by atoms with Gasteiger partial charge in [-0.2, -0.15) is 0 Å². The van der Waals surface area contributed by atoms with E-state index in [1.807, 2.05) is 4.90 Å². The van der Waals surface area contributed by atoms with E-state index in [0.717, 1.165) is 0 Å². The van der Waals surface area contributed by atoms with Gasteiger partial charge in [0, 0.05) is 25.9 Å². The molecule has 2 aliphatic heterocycles. The minimum absolute atomic E-state index is 0.0903. The van der Waals surface area contributed by atoms with E-state index in [1.54, 1.807) is 19.1 Å². The summed E-state index contributed by atoms with van der Waals surface area (Å²) in [5.41, 5.74) is 6.11. The third-order valence-electron chi connectivity index (χ3n) is 5.36. The molecule has 2 atom stereocenters. The molecule has 2 unspecified atom stereocenters. The van der Waals surface area contributed by atoms with Crippen LogP contribution < -0.4 is 15.5 Å². The van der Waals surface area contributed by atoms with E-state index < -0.39 is 17.5 Å².